The summed E-state index contributed by atoms with van der Waals surface area (Å²) < 4.78 is 25.7. The minimum absolute atomic E-state index is 0.0139. The van der Waals surface area contributed by atoms with Crippen LogP contribution in [0.4, 0.5) is 0 Å². The van der Waals surface area contributed by atoms with Crippen molar-refractivity contribution < 1.29 is 13.2 Å². The van der Waals surface area contributed by atoms with Crippen molar-refractivity contribution in [2.75, 3.05) is 14.1 Å². The first-order chi connectivity index (χ1) is 13.7. The number of aryl methyl sites for hydroxylation is 1. The van der Waals surface area contributed by atoms with Gasteiger partial charge >= 0.3 is 0 Å². The molecule has 0 radical (unpaired) electrons. The lowest BCUT2D eigenvalue weighted by Crippen LogP contribution is -2.25. The Balaban J connectivity index is 1.72. The molecule has 152 valence electrons. The van der Waals surface area contributed by atoms with Gasteiger partial charge in [0.1, 0.15) is 0 Å². The molecule has 1 amide bonds. The van der Waals surface area contributed by atoms with E-state index in [0.717, 1.165) is 26.1 Å². The molecular weight excluding hydrogens is 430 g/mol. The highest BCUT2D eigenvalue weighted by atomic mass is 35.5. The van der Waals surface area contributed by atoms with Crippen LogP contribution in [0.2, 0.25) is 5.02 Å². The first kappa shape index (κ1) is 21.4. The summed E-state index contributed by atoms with van der Waals surface area (Å²) in [6.45, 7) is 2.25. The third-order valence-corrected chi connectivity index (χ3v) is 7.20. The molecule has 2 aromatic carbocycles. The standard InChI is InChI=1S/C20H20ClN3O3S2/c1-13-23-19(12-28-13)15-6-4-14(5-7-15)11-22-20(25)17-10-16(8-9-18(17)21)29(26,27)24(2)3/h4-10,12H,11H2,1-3H3,(H,22,25). The Morgan fingerprint density at radius 3 is 2.45 bits per heavy atom. The zero-order valence-corrected chi connectivity index (χ0v) is 18.5. The van der Waals surface area contributed by atoms with Crippen molar-refractivity contribution in [3.8, 4) is 11.3 Å². The van der Waals surface area contributed by atoms with Gasteiger partial charge in [-0.15, -0.1) is 11.3 Å². The van der Waals surface area contributed by atoms with E-state index in [-0.39, 0.29) is 22.0 Å². The van der Waals surface area contributed by atoms with Gasteiger partial charge in [0, 0.05) is 31.6 Å². The largest absolute Gasteiger partial charge is 0.348 e. The molecule has 0 saturated carbocycles. The second-order valence-corrected chi connectivity index (χ2v) is 10.2. The van der Waals surface area contributed by atoms with Crippen LogP contribution in [0.25, 0.3) is 11.3 Å². The van der Waals surface area contributed by atoms with Crippen molar-refractivity contribution in [2.45, 2.75) is 18.4 Å². The number of amides is 1. The van der Waals surface area contributed by atoms with E-state index in [9.17, 15) is 13.2 Å². The zero-order chi connectivity index (χ0) is 21.2. The second-order valence-electron chi connectivity index (χ2n) is 6.56. The van der Waals surface area contributed by atoms with E-state index in [1.165, 1.54) is 32.3 Å². The second kappa shape index (κ2) is 8.62. The van der Waals surface area contributed by atoms with Crippen LogP contribution in [-0.4, -0.2) is 37.7 Å². The van der Waals surface area contributed by atoms with Crippen molar-refractivity contribution in [1.29, 1.82) is 0 Å². The molecule has 0 spiro atoms. The summed E-state index contributed by atoms with van der Waals surface area (Å²) in [4.78, 5) is 17.0. The number of nitrogens with one attached hydrogen (secondary N) is 1. The quantitative estimate of drug-likeness (QED) is 0.617. The van der Waals surface area contributed by atoms with Crippen LogP contribution in [0, 0.1) is 6.92 Å². The molecule has 1 heterocycles. The topological polar surface area (TPSA) is 79.4 Å². The van der Waals surface area contributed by atoms with Crippen molar-refractivity contribution >= 4 is 38.9 Å². The van der Waals surface area contributed by atoms with Gasteiger partial charge in [0.2, 0.25) is 10.0 Å². The number of thiazole rings is 1. The molecule has 1 aromatic heterocycles. The predicted octanol–water partition coefficient (Wildman–Crippen LogP) is 3.95. The van der Waals surface area contributed by atoms with E-state index in [1.54, 1.807) is 11.3 Å². The fraction of sp³-hybridized carbons (Fsp3) is 0.200. The average molecular weight is 450 g/mol. The van der Waals surface area contributed by atoms with Gasteiger partial charge in [0.05, 0.1) is 26.2 Å². The molecule has 3 rings (SSSR count). The van der Waals surface area contributed by atoms with Crippen LogP contribution in [0.3, 0.4) is 0 Å². The van der Waals surface area contributed by atoms with Gasteiger partial charge in [-0.1, -0.05) is 35.9 Å². The molecule has 0 saturated heterocycles. The predicted molar refractivity (Wildman–Crippen MR) is 116 cm³/mol. The monoisotopic (exact) mass is 449 g/mol. The maximum Gasteiger partial charge on any atom is 0.253 e. The molecule has 29 heavy (non-hydrogen) atoms. The van der Waals surface area contributed by atoms with Crippen LogP contribution in [-0.2, 0) is 16.6 Å². The molecular formula is C20H20ClN3O3S2. The number of hydrogen-bond acceptors (Lipinski definition) is 5. The van der Waals surface area contributed by atoms with E-state index in [0.29, 0.717) is 0 Å². The molecule has 1 N–H and O–H groups in total. The number of benzene rings is 2. The van der Waals surface area contributed by atoms with Crippen LogP contribution >= 0.6 is 22.9 Å². The van der Waals surface area contributed by atoms with Gasteiger partial charge in [0.15, 0.2) is 0 Å². The van der Waals surface area contributed by atoms with Crippen molar-refractivity contribution in [1.82, 2.24) is 14.6 Å². The van der Waals surface area contributed by atoms with Crippen LogP contribution < -0.4 is 5.32 Å². The normalized spacial score (nSPS) is 11.6. The molecule has 0 unspecified atom stereocenters. The SMILES string of the molecule is Cc1nc(-c2ccc(CNC(=O)c3cc(S(=O)(=O)N(C)C)ccc3Cl)cc2)cs1. The van der Waals surface area contributed by atoms with E-state index in [1.807, 2.05) is 36.6 Å². The van der Waals surface area contributed by atoms with E-state index >= 15 is 0 Å². The first-order valence-electron chi connectivity index (χ1n) is 8.70. The summed E-state index contributed by atoms with van der Waals surface area (Å²) in [6.07, 6.45) is 0. The third kappa shape index (κ3) is 4.84. The lowest BCUT2D eigenvalue weighted by atomic mass is 10.1. The Labute approximate surface area is 179 Å². The minimum Gasteiger partial charge on any atom is -0.348 e. The molecule has 9 heteroatoms. The summed E-state index contributed by atoms with van der Waals surface area (Å²) in [5.41, 5.74) is 2.95. The Hall–Kier alpha value is -2.26. The fourth-order valence-corrected chi connectivity index (χ4v) is 4.37. The number of nitrogens with zero attached hydrogens (tertiary/aromatic N) is 2. The molecule has 0 aliphatic carbocycles. The van der Waals surface area contributed by atoms with Gasteiger partial charge in [-0.05, 0) is 30.7 Å². The van der Waals surface area contributed by atoms with Gasteiger partial charge in [0.25, 0.3) is 5.91 Å². The van der Waals surface area contributed by atoms with Crippen LogP contribution in [0.1, 0.15) is 20.9 Å². The number of carbonyl (C=O) groups is 1. The molecule has 0 fully saturated rings. The first-order valence-corrected chi connectivity index (χ1v) is 11.4. The summed E-state index contributed by atoms with van der Waals surface area (Å²) >= 11 is 7.71. The highest BCUT2D eigenvalue weighted by Gasteiger charge is 2.20. The Kier molecular flexibility index (Phi) is 6.38. The highest BCUT2D eigenvalue weighted by Crippen LogP contribution is 2.23. The zero-order valence-electron chi connectivity index (χ0n) is 16.1. The number of carbonyl (C=O) groups excluding carboxylic acids is 1. The number of halogens is 1. The van der Waals surface area contributed by atoms with Crippen LogP contribution in [0.5, 0.6) is 0 Å². The number of aromatic nitrogens is 1. The van der Waals surface area contributed by atoms with Crippen LogP contribution in [0.15, 0.2) is 52.7 Å². The molecule has 0 atom stereocenters. The fourth-order valence-electron chi connectivity index (χ4n) is 2.62. The summed E-state index contributed by atoms with van der Waals surface area (Å²) in [5, 5.41) is 5.98. The molecule has 0 aliphatic rings. The van der Waals surface area contributed by atoms with E-state index in [2.05, 4.69) is 10.3 Å². The highest BCUT2D eigenvalue weighted by molar-refractivity contribution is 7.89. The Morgan fingerprint density at radius 1 is 1.17 bits per heavy atom. The Morgan fingerprint density at radius 2 is 1.86 bits per heavy atom. The maximum atomic E-state index is 12.6. The summed E-state index contributed by atoms with van der Waals surface area (Å²) in [7, 11) is -0.795. The number of sulfonamides is 1. The number of hydrogen-bond donors (Lipinski definition) is 1. The van der Waals surface area contributed by atoms with Gasteiger partial charge < -0.3 is 5.32 Å². The van der Waals surface area contributed by atoms with Crippen molar-refractivity contribution in [3.05, 3.63) is 69.0 Å². The molecule has 0 bridgehead atoms. The lowest BCUT2D eigenvalue weighted by molar-refractivity contribution is 0.0951. The van der Waals surface area contributed by atoms with Gasteiger partial charge in [-0.2, -0.15) is 0 Å². The third-order valence-electron chi connectivity index (χ3n) is 4.28. The summed E-state index contributed by atoms with van der Waals surface area (Å²) in [6, 6.07) is 11.8. The Bertz CT molecular complexity index is 1140. The maximum absolute atomic E-state index is 12.6. The summed E-state index contributed by atoms with van der Waals surface area (Å²) in [5.74, 6) is -0.440. The smallest absolute Gasteiger partial charge is 0.253 e. The van der Waals surface area contributed by atoms with Gasteiger partial charge in [-0.25, -0.2) is 17.7 Å². The number of rotatable bonds is 6. The van der Waals surface area contributed by atoms with Crippen molar-refractivity contribution in [3.63, 3.8) is 0 Å². The minimum atomic E-state index is -3.66. The molecule has 3 aromatic rings. The van der Waals surface area contributed by atoms with E-state index < -0.39 is 15.9 Å². The lowest BCUT2D eigenvalue weighted by Gasteiger charge is -2.13. The van der Waals surface area contributed by atoms with E-state index in [4.69, 9.17) is 11.6 Å². The van der Waals surface area contributed by atoms with Crippen molar-refractivity contribution in [2.24, 2.45) is 0 Å². The molecule has 0 aliphatic heterocycles. The average Bonchev–Trinajstić information content (AvgIpc) is 3.13. The van der Waals surface area contributed by atoms with Gasteiger partial charge in [-0.3, -0.25) is 4.79 Å². The molecule has 6 nitrogen and oxygen atoms in total.